The second kappa shape index (κ2) is 4.49. The predicted octanol–water partition coefficient (Wildman–Crippen LogP) is 2.25. The molecule has 1 aliphatic rings. The number of esters is 1. The Balaban J connectivity index is 1.94. The number of benzene rings is 2. The molecule has 1 heterocycles. The van der Waals surface area contributed by atoms with Crippen molar-refractivity contribution in [2.24, 2.45) is 0 Å². The summed E-state index contributed by atoms with van der Waals surface area (Å²) in [6.07, 6.45) is 0. The number of hydrogen-bond acceptors (Lipinski definition) is 3. The molecular formula is C16H13NO3. The van der Waals surface area contributed by atoms with Crippen LogP contribution < -0.4 is 10.1 Å². The molecule has 1 atom stereocenters. The van der Waals surface area contributed by atoms with Crippen LogP contribution in [0.2, 0.25) is 0 Å². The Bertz CT molecular complexity index is 681. The van der Waals surface area contributed by atoms with E-state index in [0.717, 1.165) is 0 Å². The molecule has 0 aromatic heterocycles. The van der Waals surface area contributed by atoms with Crippen LogP contribution in [0.4, 0.5) is 0 Å². The first kappa shape index (κ1) is 12.4. The molecule has 3 rings (SSSR count). The first-order valence-corrected chi connectivity index (χ1v) is 6.30. The van der Waals surface area contributed by atoms with Crippen LogP contribution in [0.1, 0.15) is 22.8 Å². The maximum Gasteiger partial charge on any atom is 0.341 e. The molecule has 0 bridgehead atoms. The van der Waals surface area contributed by atoms with E-state index >= 15 is 0 Å². The van der Waals surface area contributed by atoms with Gasteiger partial charge in [-0.3, -0.25) is 4.79 Å². The molecule has 4 nitrogen and oxygen atoms in total. The Kier molecular flexibility index (Phi) is 2.79. The van der Waals surface area contributed by atoms with Crippen molar-refractivity contribution in [1.82, 2.24) is 5.32 Å². The smallest absolute Gasteiger partial charge is 0.341 e. The number of rotatable bonds is 2. The largest absolute Gasteiger partial charge is 0.425 e. The number of nitrogens with one attached hydrogen (secondary N) is 1. The van der Waals surface area contributed by atoms with Crippen molar-refractivity contribution in [3.63, 3.8) is 0 Å². The van der Waals surface area contributed by atoms with E-state index in [1.165, 1.54) is 0 Å². The first-order chi connectivity index (χ1) is 9.61. The second-order valence-corrected chi connectivity index (χ2v) is 4.83. The summed E-state index contributed by atoms with van der Waals surface area (Å²) in [6.45, 7) is 1.65. The van der Waals surface area contributed by atoms with E-state index in [0.29, 0.717) is 16.9 Å². The van der Waals surface area contributed by atoms with Gasteiger partial charge in [0.2, 0.25) is 0 Å². The molecule has 0 spiro atoms. The van der Waals surface area contributed by atoms with Gasteiger partial charge in [0.05, 0.1) is 0 Å². The van der Waals surface area contributed by atoms with Crippen molar-refractivity contribution in [2.45, 2.75) is 12.5 Å². The van der Waals surface area contributed by atoms with Gasteiger partial charge in [0.25, 0.3) is 5.91 Å². The van der Waals surface area contributed by atoms with E-state index in [4.69, 9.17) is 4.74 Å². The summed E-state index contributed by atoms with van der Waals surface area (Å²) in [7, 11) is 0. The van der Waals surface area contributed by atoms with Gasteiger partial charge in [-0.1, -0.05) is 36.4 Å². The highest BCUT2D eigenvalue weighted by Crippen LogP contribution is 2.32. The van der Waals surface area contributed by atoms with Crippen LogP contribution in [0, 0.1) is 0 Å². The van der Waals surface area contributed by atoms with E-state index in [9.17, 15) is 9.59 Å². The number of carbonyl (C=O) groups is 2. The second-order valence-electron chi connectivity index (χ2n) is 4.83. The molecule has 1 N–H and O–H groups in total. The van der Waals surface area contributed by atoms with Crippen LogP contribution in [0.3, 0.4) is 0 Å². The molecule has 0 aliphatic carbocycles. The van der Waals surface area contributed by atoms with Gasteiger partial charge in [0.1, 0.15) is 5.75 Å². The van der Waals surface area contributed by atoms with Crippen molar-refractivity contribution in [3.05, 3.63) is 65.7 Å². The van der Waals surface area contributed by atoms with Crippen LogP contribution in [0.25, 0.3) is 0 Å². The number of amides is 1. The van der Waals surface area contributed by atoms with Gasteiger partial charge in [0, 0.05) is 11.1 Å². The molecule has 1 amide bonds. The van der Waals surface area contributed by atoms with E-state index in [2.05, 4.69) is 5.32 Å². The minimum Gasteiger partial charge on any atom is -0.425 e. The van der Waals surface area contributed by atoms with Crippen molar-refractivity contribution in [2.75, 3.05) is 0 Å². The Morgan fingerprint density at radius 2 is 1.70 bits per heavy atom. The number of hydrogen-bond donors (Lipinski definition) is 1. The molecule has 20 heavy (non-hydrogen) atoms. The first-order valence-electron chi connectivity index (χ1n) is 6.30. The summed E-state index contributed by atoms with van der Waals surface area (Å²) < 4.78 is 5.35. The number of fused-ring (bicyclic) bond motifs is 1. The van der Waals surface area contributed by atoms with Crippen LogP contribution in [0.5, 0.6) is 5.75 Å². The number of carbonyl (C=O) groups excluding carboxylic acids is 2. The molecule has 0 saturated heterocycles. The highest BCUT2D eigenvalue weighted by molar-refractivity contribution is 6.05. The molecule has 0 radical (unpaired) electrons. The standard InChI is InChI=1S/C16H13NO3/c1-16(15(19)20-11-7-3-2-4-8-11)13-10-6-5-9-12(13)14(18)17-16/h2-10H,1H3,(H,17,18)/t16-/m0/s1. The lowest BCUT2D eigenvalue weighted by atomic mass is 9.93. The molecule has 0 unspecified atom stereocenters. The zero-order valence-corrected chi connectivity index (χ0v) is 10.9. The van der Waals surface area contributed by atoms with Crippen molar-refractivity contribution in [3.8, 4) is 5.75 Å². The fourth-order valence-electron chi connectivity index (χ4n) is 2.34. The minimum atomic E-state index is -1.15. The third-order valence-corrected chi connectivity index (χ3v) is 3.44. The van der Waals surface area contributed by atoms with E-state index in [-0.39, 0.29) is 5.91 Å². The van der Waals surface area contributed by atoms with Crippen LogP contribution in [-0.2, 0) is 10.3 Å². The summed E-state index contributed by atoms with van der Waals surface area (Å²) in [5.41, 5.74) is 0.00899. The Labute approximate surface area is 116 Å². The Morgan fingerprint density at radius 3 is 2.45 bits per heavy atom. The third-order valence-electron chi connectivity index (χ3n) is 3.44. The minimum absolute atomic E-state index is 0.256. The highest BCUT2D eigenvalue weighted by atomic mass is 16.5. The van der Waals surface area contributed by atoms with Gasteiger partial charge in [0.15, 0.2) is 5.54 Å². The molecule has 100 valence electrons. The van der Waals surface area contributed by atoms with Gasteiger partial charge in [-0.2, -0.15) is 0 Å². The van der Waals surface area contributed by atoms with Crippen molar-refractivity contribution < 1.29 is 14.3 Å². The average Bonchev–Trinajstić information content (AvgIpc) is 2.74. The van der Waals surface area contributed by atoms with Gasteiger partial charge in [-0.25, -0.2) is 4.79 Å². The van der Waals surface area contributed by atoms with Crippen LogP contribution in [0.15, 0.2) is 54.6 Å². The van der Waals surface area contributed by atoms with Gasteiger partial charge >= 0.3 is 5.97 Å². The van der Waals surface area contributed by atoms with Crippen molar-refractivity contribution in [1.29, 1.82) is 0 Å². The average molecular weight is 267 g/mol. The van der Waals surface area contributed by atoms with Gasteiger partial charge < -0.3 is 10.1 Å². The molecule has 2 aromatic rings. The lowest BCUT2D eigenvalue weighted by molar-refractivity contribution is -0.141. The maximum atomic E-state index is 12.4. The van der Waals surface area contributed by atoms with Crippen molar-refractivity contribution >= 4 is 11.9 Å². The summed E-state index contributed by atoms with van der Waals surface area (Å²) in [6, 6.07) is 15.8. The number of para-hydroxylation sites is 1. The monoisotopic (exact) mass is 267 g/mol. The zero-order valence-electron chi connectivity index (χ0n) is 10.9. The van der Waals surface area contributed by atoms with E-state index in [1.54, 1.807) is 55.5 Å². The SMILES string of the molecule is C[C@]1(C(=O)Oc2ccccc2)NC(=O)c2ccccc21. The summed E-state index contributed by atoms with van der Waals surface area (Å²) >= 11 is 0. The normalized spacial score (nSPS) is 20.1. The predicted molar refractivity (Wildman–Crippen MR) is 73.3 cm³/mol. The molecule has 4 heteroatoms. The maximum absolute atomic E-state index is 12.4. The molecule has 1 aliphatic heterocycles. The summed E-state index contributed by atoms with van der Waals surface area (Å²) in [5, 5.41) is 2.70. The topological polar surface area (TPSA) is 55.4 Å². The lowest BCUT2D eigenvalue weighted by Gasteiger charge is -2.23. The highest BCUT2D eigenvalue weighted by Gasteiger charge is 2.46. The molecular weight excluding hydrogens is 254 g/mol. The Hall–Kier alpha value is -2.62. The van der Waals surface area contributed by atoms with Gasteiger partial charge in [-0.05, 0) is 25.1 Å². The fourth-order valence-corrected chi connectivity index (χ4v) is 2.34. The molecule has 2 aromatic carbocycles. The van der Waals surface area contributed by atoms with Crippen LogP contribution in [-0.4, -0.2) is 11.9 Å². The zero-order chi connectivity index (χ0) is 14.2. The van der Waals surface area contributed by atoms with Gasteiger partial charge in [-0.15, -0.1) is 0 Å². The van der Waals surface area contributed by atoms with Crippen LogP contribution >= 0.6 is 0 Å². The molecule has 0 saturated carbocycles. The Morgan fingerprint density at radius 1 is 1.05 bits per heavy atom. The summed E-state index contributed by atoms with van der Waals surface area (Å²) in [4.78, 5) is 24.3. The van der Waals surface area contributed by atoms with E-state index < -0.39 is 11.5 Å². The third kappa shape index (κ3) is 1.86. The summed E-state index contributed by atoms with van der Waals surface area (Å²) in [5.74, 6) is -0.299. The lowest BCUT2D eigenvalue weighted by Crippen LogP contribution is -2.46. The van der Waals surface area contributed by atoms with E-state index in [1.807, 2.05) is 6.07 Å². The molecule has 0 fully saturated rings. The quantitative estimate of drug-likeness (QED) is 0.670. The number of ether oxygens (including phenoxy) is 1. The fraction of sp³-hybridized carbons (Fsp3) is 0.125.